The Morgan fingerprint density at radius 3 is 2.58 bits per heavy atom. The number of hydrogen-bond donors (Lipinski definition) is 2. The largest absolute Gasteiger partial charge is 0.361 e. The highest BCUT2D eigenvalue weighted by atomic mass is 32.2. The smallest absolute Gasteiger partial charge is 0.272 e. The summed E-state index contributed by atoms with van der Waals surface area (Å²) in [5.41, 5.74) is -0.0758. The summed E-state index contributed by atoms with van der Waals surface area (Å²) in [6, 6.07) is 8.45. The van der Waals surface area contributed by atoms with Crippen LogP contribution in [0.15, 0.2) is 35.3 Å². The van der Waals surface area contributed by atoms with E-state index in [1.165, 1.54) is 0 Å². The van der Waals surface area contributed by atoms with Gasteiger partial charge in [0, 0.05) is 0 Å². The van der Waals surface area contributed by atoms with Gasteiger partial charge in [-0.2, -0.15) is 8.42 Å². The highest BCUT2D eigenvalue weighted by Crippen LogP contribution is 2.32. The van der Waals surface area contributed by atoms with Crippen molar-refractivity contribution in [3.8, 4) is 0 Å². The SMILES string of the molecule is CC1(c2ccccc2)N=C(CS(=O)(=O)O)NC1C=O. The number of carbonyl (C=O) groups is 1. The maximum absolute atomic E-state index is 11.2. The van der Waals surface area contributed by atoms with Gasteiger partial charge in [-0.05, 0) is 12.5 Å². The number of benzene rings is 1. The second kappa shape index (κ2) is 4.75. The van der Waals surface area contributed by atoms with Crippen LogP contribution in [0.5, 0.6) is 0 Å². The Morgan fingerprint density at radius 2 is 2.05 bits per heavy atom. The van der Waals surface area contributed by atoms with Gasteiger partial charge in [0.2, 0.25) is 0 Å². The van der Waals surface area contributed by atoms with Crippen LogP contribution in [0.25, 0.3) is 0 Å². The standard InChI is InChI=1S/C12H14N2O4S/c1-12(9-5-3-2-4-6-9)10(7-15)13-11(14-12)8-19(16,17)18/h2-7,10H,8H2,1H3,(H,13,14)(H,16,17,18). The Labute approximate surface area is 111 Å². The van der Waals surface area contributed by atoms with E-state index in [-0.39, 0.29) is 5.84 Å². The Morgan fingerprint density at radius 1 is 1.42 bits per heavy atom. The molecule has 2 N–H and O–H groups in total. The monoisotopic (exact) mass is 282 g/mol. The van der Waals surface area contributed by atoms with Gasteiger partial charge in [0.15, 0.2) is 0 Å². The third-order valence-corrected chi connectivity index (χ3v) is 3.75. The van der Waals surface area contributed by atoms with Gasteiger partial charge < -0.3 is 10.1 Å². The van der Waals surface area contributed by atoms with Crippen molar-refractivity contribution < 1.29 is 17.8 Å². The number of hydrogen-bond acceptors (Lipinski definition) is 5. The molecule has 1 aromatic carbocycles. The third-order valence-electron chi connectivity index (χ3n) is 3.11. The quantitative estimate of drug-likeness (QED) is 0.614. The molecule has 0 amide bonds. The average molecular weight is 282 g/mol. The molecule has 102 valence electrons. The van der Waals surface area contributed by atoms with E-state index < -0.39 is 27.5 Å². The Hall–Kier alpha value is -1.73. The van der Waals surface area contributed by atoms with Crippen LogP contribution in [0, 0.1) is 0 Å². The van der Waals surface area contributed by atoms with Crippen molar-refractivity contribution in [2.45, 2.75) is 18.5 Å². The molecule has 0 saturated carbocycles. The van der Waals surface area contributed by atoms with E-state index >= 15 is 0 Å². The molecule has 2 unspecified atom stereocenters. The van der Waals surface area contributed by atoms with E-state index in [9.17, 15) is 13.2 Å². The van der Waals surface area contributed by atoms with Crippen LogP contribution in [0.3, 0.4) is 0 Å². The molecule has 1 aromatic rings. The van der Waals surface area contributed by atoms with Gasteiger partial charge in [-0.15, -0.1) is 0 Å². The summed E-state index contributed by atoms with van der Waals surface area (Å²) >= 11 is 0. The van der Waals surface area contributed by atoms with Crippen LogP contribution in [0.1, 0.15) is 12.5 Å². The molecular weight excluding hydrogens is 268 g/mol. The maximum atomic E-state index is 11.2. The predicted molar refractivity (Wildman–Crippen MR) is 70.6 cm³/mol. The molecule has 0 fully saturated rings. The Bertz CT molecular complexity index is 612. The topological polar surface area (TPSA) is 95.8 Å². The van der Waals surface area contributed by atoms with Gasteiger partial charge in [0.25, 0.3) is 10.1 Å². The van der Waals surface area contributed by atoms with E-state index in [2.05, 4.69) is 10.3 Å². The fraction of sp³-hybridized carbons (Fsp3) is 0.333. The molecule has 0 radical (unpaired) electrons. The number of rotatable bonds is 4. The van der Waals surface area contributed by atoms with Crippen LogP contribution in [-0.2, 0) is 20.5 Å². The molecule has 2 rings (SSSR count). The van der Waals surface area contributed by atoms with Crippen molar-refractivity contribution in [3.63, 3.8) is 0 Å². The lowest BCUT2D eigenvalue weighted by atomic mass is 9.87. The van der Waals surface area contributed by atoms with Crippen LogP contribution in [0.4, 0.5) is 0 Å². The summed E-state index contributed by atoms with van der Waals surface area (Å²) in [6.45, 7) is 1.74. The molecule has 7 heteroatoms. The summed E-state index contributed by atoms with van der Waals surface area (Å²) < 4.78 is 30.6. The van der Waals surface area contributed by atoms with E-state index in [4.69, 9.17) is 4.55 Å². The van der Waals surface area contributed by atoms with Crippen LogP contribution in [0.2, 0.25) is 0 Å². The van der Waals surface area contributed by atoms with Crippen molar-refractivity contribution in [3.05, 3.63) is 35.9 Å². The summed E-state index contributed by atoms with van der Waals surface area (Å²) in [5, 5.41) is 2.73. The average Bonchev–Trinajstić information content (AvgIpc) is 2.65. The van der Waals surface area contributed by atoms with E-state index in [1.807, 2.05) is 30.3 Å². The van der Waals surface area contributed by atoms with Gasteiger partial charge in [0.05, 0.1) is 0 Å². The van der Waals surface area contributed by atoms with Gasteiger partial charge >= 0.3 is 0 Å². The first-order valence-electron chi connectivity index (χ1n) is 5.66. The van der Waals surface area contributed by atoms with Crippen molar-refractivity contribution in [1.82, 2.24) is 5.32 Å². The minimum Gasteiger partial charge on any atom is -0.361 e. The lowest BCUT2D eigenvalue weighted by Gasteiger charge is -2.25. The van der Waals surface area contributed by atoms with Gasteiger partial charge in [-0.1, -0.05) is 30.3 Å². The van der Waals surface area contributed by atoms with Crippen molar-refractivity contribution in [2.75, 3.05) is 5.75 Å². The molecule has 6 nitrogen and oxygen atoms in total. The second-order valence-corrected chi connectivity index (χ2v) is 6.01. The van der Waals surface area contributed by atoms with Gasteiger partial charge in [-0.3, -0.25) is 9.55 Å². The number of amidine groups is 1. The van der Waals surface area contributed by atoms with Crippen molar-refractivity contribution >= 4 is 22.2 Å². The van der Waals surface area contributed by atoms with Crippen LogP contribution < -0.4 is 5.32 Å². The number of nitrogens with zero attached hydrogens (tertiary/aromatic N) is 1. The van der Waals surface area contributed by atoms with E-state index in [1.54, 1.807) is 6.92 Å². The number of aldehydes is 1. The molecule has 2 atom stereocenters. The summed E-state index contributed by atoms with van der Waals surface area (Å²) in [6.07, 6.45) is 0.688. The second-order valence-electron chi connectivity index (χ2n) is 4.56. The molecule has 0 spiro atoms. The van der Waals surface area contributed by atoms with E-state index in [0.717, 1.165) is 5.56 Å². The number of nitrogens with one attached hydrogen (secondary N) is 1. The lowest BCUT2D eigenvalue weighted by Crippen LogP contribution is -2.42. The van der Waals surface area contributed by atoms with E-state index in [0.29, 0.717) is 6.29 Å². The first kappa shape index (κ1) is 13.7. The molecular formula is C12H14N2O4S. The van der Waals surface area contributed by atoms with Gasteiger partial charge in [0.1, 0.15) is 29.5 Å². The molecule has 0 aromatic heterocycles. The first-order valence-corrected chi connectivity index (χ1v) is 7.27. The predicted octanol–water partition coefficient (Wildman–Crippen LogP) is 0.359. The zero-order valence-corrected chi connectivity index (χ0v) is 11.1. The molecule has 1 aliphatic rings. The Balaban J connectivity index is 2.40. The molecule has 19 heavy (non-hydrogen) atoms. The fourth-order valence-electron chi connectivity index (χ4n) is 2.14. The maximum Gasteiger partial charge on any atom is 0.272 e. The highest BCUT2D eigenvalue weighted by molar-refractivity contribution is 7.86. The zero-order chi connectivity index (χ0) is 14.1. The normalized spacial score (nSPS) is 26.6. The van der Waals surface area contributed by atoms with Crippen LogP contribution in [-0.4, -0.2) is 36.9 Å². The fourth-order valence-corrected chi connectivity index (χ4v) is 2.63. The summed E-state index contributed by atoms with van der Waals surface area (Å²) in [7, 11) is -4.18. The highest BCUT2D eigenvalue weighted by Gasteiger charge is 2.41. The summed E-state index contributed by atoms with van der Waals surface area (Å²) in [4.78, 5) is 15.4. The molecule has 1 aliphatic heterocycles. The van der Waals surface area contributed by atoms with Crippen molar-refractivity contribution in [2.24, 2.45) is 4.99 Å². The first-order chi connectivity index (χ1) is 8.85. The minimum absolute atomic E-state index is 0.0888. The molecule has 0 saturated heterocycles. The molecule has 1 heterocycles. The number of aliphatic imine (C=N–C) groups is 1. The minimum atomic E-state index is -4.18. The van der Waals surface area contributed by atoms with Crippen LogP contribution >= 0.6 is 0 Å². The lowest BCUT2D eigenvalue weighted by molar-refractivity contribution is -0.110. The third kappa shape index (κ3) is 2.82. The number of carbonyl (C=O) groups excluding carboxylic acids is 1. The van der Waals surface area contributed by atoms with Crippen molar-refractivity contribution in [1.29, 1.82) is 0 Å². The Kier molecular flexibility index (Phi) is 3.42. The molecule has 0 bridgehead atoms. The summed E-state index contributed by atoms with van der Waals surface area (Å²) in [5.74, 6) is -0.536. The zero-order valence-electron chi connectivity index (χ0n) is 10.3. The molecule has 0 aliphatic carbocycles. The van der Waals surface area contributed by atoms with Gasteiger partial charge in [-0.25, -0.2) is 0 Å².